The smallest absolute Gasteiger partial charge is 0.255 e. The number of carbonyl (C=O) groups excluding carboxylic acids is 3. The van der Waals surface area contributed by atoms with E-state index in [0.29, 0.717) is 34.1 Å². The Morgan fingerprint density at radius 2 is 1.57 bits per heavy atom. The molecule has 4 aromatic carbocycles. The first-order valence-corrected chi connectivity index (χ1v) is 14.3. The Balaban J connectivity index is 1.26. The molecular formula is C32H28ClN3O3S. The highest BCUT2D eigenvalue weighted by Crippen LogP contribution is 2.39. The van der Waals surface area contributed by atoms with E-state index in [0.717, 1.165) is 16.7 Å². The van der Waals surface area contributed by atoms with Gasteiger partial charge in [-0.15, -0.1) is 11.8 Å². The molecule has 0 bridgehead atoms. The van der Waals surface area contributed by atoms with Crippen LogP contribution >= 0.6 is 23.4 Å². The van der Waals surface area contributed by atoms with Gasteiger partial charge in [-0.2, -0.15) is 0 Å². The highest BCUT2D eigenvalue weighted by molar-refractivity contribution is 8.00. The van der Waals surface area contributed by atoms with Gasteiger partial charge in [0.1, 0.15) is 5.37 Å². The minimum atomic E-state index is -0.323. The van der Waals surface area contributed by atoms with E-state index in [2.05, 4.69) is 10.6 Å². The number of rotatable bonds is 8. The van der Waals surface area contributed by atoms with Gasteiger partial charge in [0.05, 0.1) is 23.0 Å². The van der Waals surface area contributed by atoms with Gasteiger partial charge in [0.2, 0.25) is 5.91 Å². The SMILES string of the molecule is C[C@@H](NC(=O)c1ccccc1NC(=O)c1ccc([C@@H]2SCC(=O)N2Cc2ccc(Cl)cc2)cc1)c1ccccc1. The van der Waals surface area contributed by atoms with Crippen LogP contribution in [0.2, 0.25) is 5.02 Å². The average molecular weight is 570 g/mol. The lowest BCUT2D eigenvalue weighted by molar-refractivity contribution is -0.128. The molecule has 0 saturated carbocycles. The van der Waals surface area contributed by atoms with Gasteiger partial charge in [0.15, 0.2) is 0 Å². The molecule has 1 fully saturated rings. The lowest BCUT2D eigenvalue weighted by atomic mass is 10.1. The lowest BCUT2D eigenvalue weighted by Gasteiger charge is -2.24. The molecule has 1 heterocycles. The van der Waals surface area contributed by atoms with Crippen LogP contribution in [0.1, 0.15) is 55.7 Å². The van der Waals surface area contributed by atoms with E-state index in [9.17, 15) is 14.4 Å². The lowest BCUT2D eigenvalue weighted by Crippen LogP contribution is -2.28. The second kappa shape index (κ2) is 12.4. The Morgan fingerprint density at radius 3 is 2.30 bits per heavy atom. The van der Waals surface area contributed by atoms with Gasteiger partial charge in [0.25, 0.3) is 11.8 Å². The molecule has 202 valence electrons. The zero-order valence-corrected chi connectivity index (χ0v) is 23.4. The molecule has 4 aromatic rings. The Kier molecular flexibility index (Phi) is 8.53. The summed E-state index contributed by atoms with van der Waals surface area (Å²) in [4.78, 5) is 40.7. The van der Waals surface area contributed by atoms with Crippen molar-refractivity contribution in [1.29, 1.82) is 0 Å². The van der Waals surface area contributed by atoms with Crippen molar-refractivity contribution in [1.82, 2.24) is 10.2 Å². The Labute approximate surface area is 242 Å². The van der Waals surface area contributed by atoms with Gasteiger partial charge < -0.3 is 15.5 Å². The van der Waals surface area contributed by atoms with E-state index in [1.54, 1.807) is 48.2 Å². The zero-order chi connectivity index (χ0) is 28.1. The number of nitrogens with zero attached hydrogens (tertiary/aromatic N) is 1. The van der Waals surface area contributed by atoms with Crippen molar-refractivity contribution in [2.45, 2.75) is 24.9 Å². The number of benzene rings is 4. The number of carbonyl (C=O) groups is 3. The molecular weight excluding hydrogens is 542 g/mol. The van der Waals surface area contributed by atoms with Gasteiger partial charge in [0, 0.05) is 17.1 Å². The number of halogens is 1. The summed E-state index contributed by atoms with van der Waals surface area (Å²) in [6.45, 7) is 2.40. The summed E-state index contributed by atoms with van der Waals surface area (Å²) in [5.74, 6) is -0.118. The van der Waals surface area contributed by atoms with E-state index < -0.39 is 0 Å². The maximum Gasteiger partial charge on any atom is 0.255 e. The summed E-state index contributed by atoms with van der Waals surface area (Å²) in [6, 6.07) is 31.2. The molecule has 2 N–H and O–H groups in total. The van der Waals surface area contributed by atoms with Crippen LogP contribution in [0, 0.1) is 0 Å². The third-order valence-corrected chi connectivity index (χ3v) is 8.27. The maximum absolute atomic E-state index is 13.1. The van der Waals surface area contributed by atoms with E-state index >= 15 is 0 Å². The van der Waals surface area contributed by atoms with Crippen LogP contribution in [0.4, 0.5) is 5.69 Å². The first-order chi connectivity index (χ1) is 19.4. The molecule has 0 aliphatic carbocycles. The molecule has 2 atom stereocenters. The second-order valence-electron chi connectivity index (χ2n) is 9.54. The predicted molar refractivity (Wildman–Crippen MR) is 160 cm³/mol. The minimum Gasteiger partial charge on any atom is -0.345 e. The zero-order valence-electron chi connectivity index (χ0n) is 21.8. The second-order valence-corrected chi connectivity index (χ2v) is 11.0. The van der Waals surface area contributed by atoms with Gasteiger partial charge in [-0.05, 0) is 60.0 Å². The van der Waals surface area contributed by atoms with E-state index in [4.69, 9.17) is 11.6 Å². The number of nitrogens with one attached hydrogen (secondary N) is 2. The molecule has 5 rings (SSSR count). The fourth-order valence-corrected chi connectivity index (χ4v) is 5.88. The van der Waals surface area contributed by atoms with E-state index in [1.807, 2.05) is 78.6 Å². The van der Waals surface area contributed by atoms with Crippen molar-refractivity contribution < 1.29 is 14.4 Å². The summed E-state index contributed by atoms with van der Waals surface area (Å²) in [5, 5.41) is 6.40. The van der Waals surface area contributed by atoms with Crippen LogP contribution < -0.4 is 10.6 Å². The number of hydrogen-bond acceptors (Lipinski definition) is 4. The van der Waals surface area contributed by atoms with Crippen molar-refractivity contribution in [3.63, 3.8) is 0 Å². The summed E-state index contributed by atoms with van der Waals surface area (Å²) in [5.41, 5.74) is 4.20. The Morgan fingerprint density at radius 1 is 0.900 bits per heavy atom. The first kappa shape index (κ1) is 27.5. The fourth-order valence-electron chi connectivity index (χ4n) is 4.57. The molecule has 40 heavy (non-hydrogen) atoms. The van der Waals surface area contributed by atoms with E-state index in [1.165, 1.54) is 0 Å². The van der Waals surface area contributed by atoms with Crippen LogP contribution in [0.3, 0.4) is 0 Å². The third-order valence-electron chi connectivity index (χ3n) is 6.76. The minimum absolute atomic E-state index is 0.0724. The van der Waals surface area contributed by atoms with Gasteiger partial charge >= 0.3 is 0 Å². The van der Waals surface area contributed by atoms with Crippen LogP contribution in [0.5, 0.6) is 0 Å². The summed E-state index contributed by atoms with van der Waals surface area (Å²) < 4.78 is 0. The normalized spacial score (nSPS) is 15.5. The van der Waals surface area contributed by atoms with Crippen molar-refractivity contribution in [3.8, 4) is 0 Å². The van der Waals surface area contributed by atoms with Crippen LogP contribution in [0.15, 0.2) is 103 Å². The highest BCUT2D eigenvalue weighted by atomic mass is 35.5. The predicted octanol–water partition coefficient (Wildman–Crippen LogP) is 6.86. The molecule has 1 aliphatic rings. The summed E-state index contributed by atoms with van der Waals surface area (Å²) in [6.07, 6.45) is 0. The number of thioether (sulfide) groups is 1. The molecule has 1 saturated heterocycles. The van der Waals surface area contributed by atoms with Gasteiger partial charge in [-0.3, -0.25) is 14.4 Å². The molecule has 0 aromatic heterocycles. The monoisotopic (exact) mass is 569 g/mol. The van der Waals surface area contributed by atoms with Crippen molar-refractivity contribution in [2.75, 3.05) is 11.1 Å². The van der Waals surface area contributed by atoms with Crippen LogP contribution in [-0.4, -0.2) is 28.4 Å². The van der Waals surface area contributed by atoms with Crippen molar-refractivity contribution in [3.05, 3.63) is 136 Å². The molecule has 1 aliphatic heterocycles. The molecule has 0 radical (unpaired) electrons. The third kappa shape index (κ3) is 6.38. The molecule has 6 nitrogen and oxygen atoms in total. The van der Waals surface area contributed by atoms with Gasteiger partial charge in [-0.25, -0.2) is 0 Å². The Hall–Kier alpha value is -4.07. The molecule has 3 amide bonds. The fraction of sp³-hybridized carbons (Fsp3) is 0.156. The quantitative estimate of drug-likeness (QED) is 0.243. The van der Waals surface area contributed by atoms with Crippen molar-refractivity contribution >= 4 is 46.8 Å². The number of hydrogen-bond donors (Lipinski definition) is 2. The van der Waals surface area contributed by atoms with Crippen LogP contribution in [0.25, 0.3) is 0 Å². The number of anilines is 1. The first-order valence-electron chi connectivity index (χ1n) is 12.9. The topological polar surface area (TPSA) is 78.5 Å². The van der Waals surface area contributed by atoms with Crippen LogP contribution in [-0.2, 0) is 11.3 Å². The number of para-hydroxylation sites is 1. The molecule has 0 unspecified atom stereocenters. The van der Waals surface area contributed by atoms with Gasteiger partial charge in [-0.1, -0.05) is 78.3 Å². The molecule has 0 spiro atoms. The summed E-state index contributed by atoms with van der Waals surface area (Å²) >= 11 is 7.57. The molecule has 8 heteroatoms. The highest BCUT2D eigenvalue weighted by Gasteiger charge is 2.32. The van der Waals surface area contributed by atoms with Crippen molar-refractivity contribution in [2.24, 2.45) is 0 Å². The number of amides is 3. The summed E-state index contributed by atoms with van der Waals surface area (Å²) in [7, 11) is 0. The van der Waals surface area contributed by atoms with E-state index in [-0.39, 0.29) is 29.1 Å². The average Bonchev–Trinajstić information content (AvgIpc) is 3.34. The Bertz CT molecular complexity index is 1510. The maximum atomic E-state index is 13.1. The standard InChI is InChI=1S/C32H28ClN3O3S/c1-21(23-7-3-2-4-8-23)34-31(39)27-9-5-6-10-28(27)35-30(38)24-13-15-25(16-14-24)32-36(29(37)20-40-32)19-22-11-17-26(33)18-12-22/h2-18,21,32H,19-20H2,1H3,(H,34,39)(H,35,38)/t21-,32+/m1/s1. The largest absolute Gasteiger partial charge is 0.345 e.